The summed E-state index contributed by atoms with van der Waals surface area (Å²) in [5.74, 6) is 3.56. The first-order valence-electron chi connectivity index (χ1n) is 16.6. The van der Waals surface area contributed by atoms with E-state index in [1.807, 2.05) is 80.6 Å². The van der Waals surface area contributed by atoms with Gasteiger partial charge >= 0.3 is 0 Å². The molecule has 4 aromatic carbocycles. The van der Waals surface area contributed by atoms with Gasteiger partial charge in [0.2, 0.25) is 0 Å². The number of hydrogen-bond donors (Lipinski definition) is 3. The Morgan fingerprint density at radius 1 is 0.571 bits per heavy atom. The number of hydrogen-bond acceptors (Lipinski definition) is 8. The van der Waals surface area contributed by atoms with Crippen molar-refractivity contribution in [1.82, 2.24) is 19.6 Å². The van der Waals surface area contributed by atoms with Crippen LogP contribution in [0.15, 0.2) is 48.5 Å². The van der Waals surface area contributed by atoms with Crippen LogP contribution >= 0.6 is 0 Å². The highest BCUT2D eigenvalue weighted by Crippen LogP contribution is 2.50. The zero-order chi connectivity index (χ0) is 35.6. The van der Waals surface area contributed by atoms with E-state index in [-0.39, 0.29) is 23.9 Å². The molecule has 0 fully saturated rings. The van der Waals surface area contributed by atoms with Gasteiger partial charge in [0.25, 0.3) is 0 Å². The van der Waals surface area contributed by atoms with Crippen molar-refractivity contribution in [3.63, 3.8) is 0 Å². The number of phenols is 3. The molecule has 0 atom stereocenters. The maximum atomic E-state index is 12.3. The summed E-state index contributed by atoms with van der Waals surface area (Å²) in [5.41, 5.74) is 9.34. The molecule has 0 heterocycles. The molecule has 0 saturated carbocycles. The van der Waals surface area contributed by atoms with Gasteiger partial charge in [-0.3, -0.25) is 0 Å². The van der Waals surface area contributed by atoms with Gasteiger partial charge in [-0.05, 0) is 113 Å². The van der Waals surface area contributed by atoms with E-state index >= 15 is 0 Å². The van der Waals surface area contributed by atoms with Gasteiger partial charge in [0, 0.05) is 61.3 Å². The zero-order valence-corrected chi connectivity index (χ0v) is 30.2. The van der Waals surface area contributed by atoms with Crippen LogP contribution in [0.4, 0.5) is 0 Å². The first-order valence-corrected chi connectivity index (χ1v) is 16.6. The highest BCUT2D eigenvalue weighted by Gasteiger charge is 2.27. The second-order valence-corrected chi connectivity index (χ2v) is 14.3. The lowest BCUT2D eigenvalue weighted by molar-refractivity contribution is 0.370. The van der Waals surface area contributed by atoms with Gasteiger partial charge in [0.1, 0.15) is 29.6 Å². The van der Waals surface area contributed by atoms with Crippen LogP contribution in [0.2, 0.25) is 0 Å². The molecule has 0 unspecified atom stereocenters. The number of nitrogens with zero attached hydrogens (tertiary/aromatic N) is 4. The summed E-state index contributed by atoms with van der Waals surface area (Å²) in [6.07, 6.45) is 6.41. The average molecular weight is 663 g/mol. The number of ether oxygens (including phenoxy) is 1. The Bertz CT molecular complexity index is 1780. The largest absolute Gasteiger partial charge is 0.507 e. The van der Waals surface area contributed by atoms with Crippen LogP contribution in [0, 0.1) is 12.3 Å². The van der Waals surface area contributed by atoms with Crippen LogP contribution in [0.3, 0.4) is 0 Å². The number of terminal acetylenes is 1. The Hall–Kier alpha value is -4.52. The zero-order valence-electron chi connectivity index (χ0n) is 30.2. The quantitative estimate of drug-likeness (QED) is 0.160. The predicted molar refractivity (Wildman–Crippen MR) is 198 cm³/mol. The standard InChI is InChI=1S/C41H50N4O4/c1-10-15-49-41-34-18-27(23-43(4)5)19-35(41)37-31(25-45(8)9)14-12-29(40(37)48)21-33-17-26(22-42(2)3)16-32(38(33)46)20-28-11-13-30(24-44(6)7)36(34)39(28)47/h1,11-14,16-19,46-48H,15,20-25H2,2-9H3. The Labute approximate surface area is 291 Å². The summed E-state index contributed by atoms with van der Waals surface area (Å²) in [4.78, 5) is 8.31. The first-order chi connectivity index (χ1) is 23.3. The average Bonchev–Trinajstić information content (AvgIpc) is 3.00. The van der Waals surface area contributed by atoms with E-state index in [1.165, 1.54) is 0 Å². The van der Waals surface area contributed by atoms with Gasteiger partial charge in [-0.25, -0.2) is 0 Å². The van der Waals surface area contributed by atoms with E-state index in [4.69, 9.17) is 11.2 Å². The summed E-state index contributed by atoms with van der Waals surface area (Å²) in [5, 5.41) is 36.4. The molecule has 0 amide bonds. The molecule has 0 aliphatic heterocycles. The van der Waals surface area contributed by atoms with Gasteiger partial charge in [0.05, 0.1) is 0 Å². The van der Waals surface area contributed by atoms with Gasteiger partial charge in [-0.15, -0.1) is 6.42 Å². The van der Waals surface area contributed by atoms with Crippen molar-refractivity contribution in [2.24, 2.45) is 0 Å². The Morgan fingerprint density at radius 2 is 0.980 bits per heavy atom. The monoisotopic (exact) mass is 662 g/mol. The minimum atomic E-state index is 0.00699. The van der Waals surface area contributed by atoms with Gasteiger partial charge in [0.15, 0.2) is 0 Å². The lowest BCUT2D eigenvalue weighted by atomic mass is 9.85. The molecule has 4 aromatic rings. The topological polar surface area (TPSA) is 82.9 Å². The van der Waals surface area contributed by atoms with Crippen molar-refractivity contribution < 1.29 is 20.1 Å². The van der Waals surface area contributed by atoms with E-state index in [1.54, 1.807) is 0 Å². The van der Waals surface area contributed by atoms with Crippen molar-refractivity contribution in [3.05, 3.63) is 93.0 Å². The van der Waals surface area contributed by atoms with Crippen molar-refractivity contribution in [3.8, 4) is 57.6 Å². The molecule has 8 bridgehead atoms. The lowest BCUT2D eigenvalue weighted by Gasteiger charge is -2.26. The number of rotatable bonds is 10. The van der Waals surface area contributed by atoms with Gasteiger partial charge < -0.3 is 39.7 Å². The molecular weight excluding hydrogens is 612 g/mol. The molecule has 8 nitrogen and oxygen atoms in total. The third-order valence-corrected chi connectivity index (χ3v) is 8.74. The van der Waals surface area contributed by atoms with Crippen molar-refractivity contribution >= 4 is 0 Å². The van der Waals surface area contributed by atoms with Crippen molar-refractivity contribution in [2.75, 3.05) is 63.0 Å². The lowest BCUT2D eigenvalue weighted by Crippen LogP contribution is -2.14. The second kappa shape index (κ2) is 14.9. The van der Waals surface area contributed by atoms with Gasteiger partial charge in [-0.2, -0.15) is 0 Å². The van der Waals surface area contributed by atoms with E-state index in [0.717, 1.165) is 22.3 Å². The molecular formula is C41H50N4O4. The van der Waals surface area contributed by atoms with E-state index < -0.39 is 0 Å². The maximum absolute atomic E-state index is 12.3. The number of fused-ring (bicyclic) bond motifs is 10. The molecule has 49 heavy (non-hydrogen) atoms. The molecule has 3 N–H and O–H groups in total. The van der Waals surface area contributed by atoms with Crippen LogP contribution in [-0.4, -0.2) is 97.9 Å². The van der Waals surface area contributed by atoms with Crippen molar-refractivity contribution in [2.45, 2.75) is 39.0 Å². The number of benzene rings is 4. The third-order valence-electron chi connectivity index (χ3n) is 8.74. The van der Waals surface area contributed by atoms with Crippen molar-refractivity contribution in [1.29, 1.82) is 0 Å². The third kappa shape index (κ3) is 7.87. The smallest absolute Gasteiger partial charge is 0.148 e. The minimum absolute atomic E-state index is 0.00699. The van der Waals surface area contributed by atoms with Crippen LogP contribution in [0.5, 0.6) is 23.0 Å². The molecule has 8 heteroatoms. The van der Waals surface area contributed by atoms with Crippen LogP contribution in [-0.2, 0) is 39.0 Å². The fourth-order valence-electron chi connectivity index (χ4n) is 6.94. The number of phenolic OH excluding ortho intramolecular Hbond substituents is 3. The molecule has 258 valence electrons. The Balaban J connectivity index is 1.99. The summed E-state index contributed by atoms with van der Waals surface area (Å²) in [7, 11) is 16.1. The summed E-state index contributed by atoms with van der Waals surface area (Å²) >= 11 is 0. The molecule has 1 aliphatic carbocycles. The first kappa shape index (κ1) is 35.8. The summed E-state index contributed by atoms with van der Waals surface area (Å²) in [6.45, 7) is 2.42. The molecule has 0 radical (unpaired) electrons. The Kier molecular flexibility index (Phi) is 10.9. The molecule has 0 saturated heterocycles. The Morgan fingerprint density at radius 3 is 1.37 bits per heavy atom. The number of aromatic hydroxyl groups is 3. The SMILES string of the molecule is C#CCOc1c2cc(CN(C)C)cc1-c1c(CN(C)C)ccc(c1O)Cc1cc(CN(C)C)cc(c1O)Cc1ccc(CN(C)C)c-2c1O. The van der Waals surface area contributed by atoms with E-state index in [0.29, 0.717) is 89.3 Å². The molecule has 0 aromatic heterocycles. The van der Waals surface area contributed by atoms with Crippen LogP contribution < -0.4 is 4.74 Å². The fraction of sp³-hybridized carbons (Fsp3) is 0.366. The normalized spacial score (nSPS) is 12.5. The second-order valence-electron chi connectivity index (χ2n) is 14.3. The minimum Gasteiger partial charge on any atom is -0.507 e. The summed E-state index contributed by atoms with van der Waals surface area (Å²) in [6, 6.07) is 16.2. The van der Waals surface area contributed by atoms with E-state index in [2.05, 4.69) is 49.8 Å². The maximum Gasteiger partial charge on any atom is 0.148 e. The van der Waals surface area contributed by atoms with Gasteiger partial charge in [-0.1, -0.05) is 42.3 Å². The van der Waals surface area contributed by atoms with E-state index in [9.17, 15) is 15.3 Å². The highest BCUT2D eigenvalue weighted by atomic mass is 16.5. The molecule has 5 rings (SSSR count). The highest BCUT2D eigenvalue weighted by molar-refractivity contribution is 5.90. The van der Waals surface area contributed by atoms with Crippen LogP contribution in [0.1, 0.15) is 44.5 Å². The van der Waals surface area contributed by atoms with Crippen LogP contribution in [0.25, 0.3) is 22.3 Å². The molecule has 1 aliphatic rings. The fourth-order valence-corrected chi connectivity index (χ4v) is 6.94. The molecule has 0 spiro atoms. The predicted octanol–water partition coefficient (Wildman–Crippen LogP) is 5.89. The summed E-state index contributed by atoms with van der Waals surface area (Å²) < 4.78 is 6.47.